The van der Waals surface area contributed by atoms with Crippen molar-refractivity contribution in [2.75, 3.05) is 14.2 Å². The molecule has 0 saturated carbocycles. The maximum atomic E-state index is 5.42. The summed E-state index contributed by atoms with van der Waals surface area (Å²) in [6, 6.07) is 12.1. The Morgan fingerprint density at radius 2 is 1.87 bits per heavy atom. The third-order valence-electron chi connectivity index (χ3n) is 4.21. The average Bonchev–Trinajstić information content (AvgIpc) is 3.13. The zero-order chi connectivity index (χ0) is 21.5. The van der Waals surface area contributed by atoms with Crippen LogP contribution in [0.2, 0.25) is 0 Å². The first-order chi connectivity index (χ1) is 14.5. The number of rotatable bonds is 9. The lowest BCUT2D eigenvalue weighted by Gasteiger charge is -2.10. The van der Waals surface area contributed by atoms with Gasteiger partial charge in [-0.25, -0.2) is 0 Å². The molecule has 9 heteroatoms. The third kappa shape index (κ3) is 5.65. The third-order valence-corrected chi connectivity index (χ3v) is 6.32. The summed E-state index contributed by atoms with van der Waals surface area (Å²) in [5, 5.41) is 14.1. The van der Waals surface area contributed by atoms with E-state index >= 15 is 0 Å². The zero-order valence-electron chi connectivity index (χ0n) is 16.9. The normalized spacial score (nSPS) is 11.2. The van der Waals surface area contributed by atoms with Gasteiger partial charge in [0.15, 0.2) is 17.3 Å². The van der Waals surface area contributed by atoms with Crippen molar-refractivity contribution in [3.05, 3.63) is 62.3 Å². The summed E-state index contributed by atoms with van der Waals surface area (Å²) in [6.45, 7) is 2.11. The summed E-state index contributed by atoms with van der Waals surface area (Å²) in [5.41, 5.74) is 2.09. The van der Waals surface area contributed by atoms with Crippen LogP contribution in [0.15, 0.2) is 55.6 Å². The van der Waals surface area contributed by atoms with E-state index in [9.17, 15) is 0 Å². The van der Waals surface area contributed by atoms with Gasteiger partial charge in [-0.15, -0.1) is 10.2 Å². The molecule has 1 heterocycles. The first-order valence-electron chi connectivity index (χ1n) is 9.33. The number of hydrogen-bond donors (Lipinski definition) is 0. The summed E-state index contributed by atoms with van der Waals surface area (Å²) in [4.78, 5) is 0. The van der Waals surface area contributed by atoms with Crippen molar-refractivity contribution in [2.24, 2.45) is 5.10 Å². The van der Waals surface area contributed by atoms with E-state index in [1.807, 2.05) is 28.9 Å². The van der Waals surface area contributed by atoms with E-state index in [0.29, 0.717) is 11.5 Å². The molecule has 0 saturated heterocycles. The number of aryl methyl sites for hydroxylation is 1. The predicted molar refractivity (Wildman–Crippen MR) is 128 cm³/mol. The number of thioether (sulfide) groups is 1. The number of halogens is 2. The second kappa shape index (κ2) is 11.0. The molecule has 0 amide bonds. The summed E-state index contributed by atoms with van der Waals surface area (Å²) >= 11 is 8.60. The molecule has 0 unspecified atom stereocenters. The molecular formula is C21H22Br2N4O2S. The van der Waals surface area contributed by atoms with E-state index < -0.39 is 0 Å². The van der Waals surface area contributed by atoms with Crippen LogP contribution in [0.3, 0.4) is 0 Å². The van der Waals surface area contributed by atoms with Crippen LogP contribution in [-0.4, -0.2) is 35.3 Å². The van der Waals surface area contributed by atoms with Gasteiger partial charge in [-0.1, -0.05) is 46.7 Å². The molecule has 158 valence electrons. The molecular weight excluding hydrogens is 532 g/mol. The summed E-state index contributed by atoms with van der Waals surface area (Å²) in [7, 11) is 3.22. The Kier molecular flexibility index (Phi) is 8.35. The van der Waals surface area contributed by atoms with Crippen molar-refractivity contribution in [2.45, 2.75) is 30.7 Å². The second-order valence-electron chi connectivity index (χ2n) is 6.36. The molecule has 0 bridgehead atoms. The van der Waals surface area contributed by atoms with Gasteiger partial charge in [0.2, 0.25) is 5.16 Å². The maximum absolute atomic E-state index is 5.42. The number of benzene rings is 2. The van der Waals surface area contributed by atoms with Crippen molar-refractivity contribution < 1.29 is 9.47 Å². The molecule has 1 aromatic heterocycles. The topological polar surface area (TPSA) is 61.5 Å². The number of nitrogens with zero attached hydrogens (tertiary/aromatic N) is 4. The minimum atomic E-state index is 0.635. The lowest BCUT2D eigenvalue weighted by atomic mass is 10.2. The van der Waals surface area contributed by atoms with Crippen LogP contribution in [0.5, 0.6) is 11.5 Å². The number of aromatic nitrogens is 3. The van der Waals surface area contributed by atoms with Crippen LogP contribution < -0.4 is 9.47 Å². The Hall–Kier alpha value is -1.84. The molecule has 0 aliphatic carbocycles. The highest BCUT2D eigenvalue weighted by atomic mass is 79.9. The van der Waals surface area contributed by atoms with E-state index in [2.05, 4.69) is 66.2 Å². The van der Waals surface area contributed by atoms with Gasteiger partial charge in [0, 0.05) is 16.6 Å². The molecule has 6 nitrogen and oxygen atoms in total. The SMILES string of the molecule is CCCc1nnc(SCc2ccc(Br)cc2)n1/N=C/c1cc(Br)c(OC)c(OC)c1. The van der Waals surface area contributed by atoms with Crippen molar-refractivity contribution in [3.63, 3.8) is 0 Å². The van der Waals surface area contributed by atoms with Gasteiger partial charge >= 0.3 is 0 Å². The molecule has 3 rings (SSSR count). The first kappa shape index (κ1) is 22.8. The number of ether oxygens (including phenoxy) is 2. The Balaban J connectivity index is 1.86. The molecule has 0 spiro atoms. The summed E-state index contributed by atoms with van der Waals surface area (Å²) in [6.07, 6.45) is 3.55. The largest absolute Gasteiger partial charge is 0.493 e. The minimum Gasteiger partial charge on any atom is -0.493 e. The average molecular weight is 554 g/mol. The highest BCUT2D eigenvalue weighted by Gasteiger charge is 2.13. The summed E-state index contributed by atoms with van der Waals surface area (Å²) < 4.78 is 14.5. The highest BCUT2D eigenvalue weighted by molar-refractivity contribution is 9.10. The zero-order valence-corrected chi connectivity index (χ0v) is 20.9. The van der Waals surface area contributed by atoms with Crippen LogP contribution in [0.1, 0.15) is 30.3 Å². The van der Waals surface area contributed by atoms with Crippen molar-refractivity contribution in [1.82, 2.24) is 14.9 Å². The molecule has 0 atom stereocenters. The molecule has 2 aromatic carbocycles. The van der Waals surface area contributed by atoms with Gasteiger partial charge in [0.1, 0.15) is 0 Å². The van der Waals surface area contributed by atoms with Crippen LogP contribution in [0.25, 0.3) is 0 Å². The molecule has 30 heavy (non-hydrogen) atoms. The Morgan fingerprint density at radius 3 is 2.53 bits per heavy atom. The fourth-order valence-electron chi connectivity index (χ4n) is 2.75. The molecule has 0 radical (unpaired) electrons. The van der Waals surface area contributed by atoms with Gasteiger partial charge in [0.05, 0.1) is 24.9 Å². The van der Waals surface area contributed by atoms with E-state index in [-0.39, 0.29) is 0 Å². The standard InChI is InChI=1S/C21H22Br2N4O2S/c1-4-5-19-25-26-21(30-13-14-6-8-16(22)9-7-14)27(19)24-12-15-10-17(23)20(29-3)18(11-15)28-2/h6-12H,4-5,13H2,1-3H3/b24-12+. The molecule has 0 fully saturated rings. The molecule has 0 N–H and O–H groups in total. The van der Waals surface area contributed by atoms with E-state index in [1.165, 1.54) is 5.56 Å². The summed E-state index contributed by atoms with van der Waals surface area (Å²) in [5.74, 6) is 2.91. The maximum Gasteiger partial charge on any atom is 0.212 e. The molecule has 0 aliphatic rings. The van der Waals surface area contributed by atoms with Gasteiger partial charge < -0.3 is 9.47 Å². The quantitative estimate of drug-likeness (QED) is 0.242. The van der Waals surface area contributed by atoms with Crippen molar-refractivity contribution in [3.8, 4) is 11.5 Å². The predicted octanol–water partition coefficient (Wildman–Crippen LogP) is 5.95. The van der Waals surface area contributed by atoms with Gasteiger partial charge in [-0.2, -0.15) is 9.78 Å². The fourth-order valence-corrected chi connectivity index (χ4v) is 4.49. The first-order valence-corrected chi connectivity index (χ1v) is 11.9. The Morgan fingerprint density at radius 1 is 1.10 bits per heavy atom. The highest BCUT2D eigenvalue weighted by Crippen LogP contribution is 2.36. The number of hydrogen-bond acceptors (Lipinski definition) is 6. The number of methoxy groups -OCH3 is 2. The van der Waals surface area contributed by atoms with E-state index in [1.54, 1.807) is 32.2 Å². The fraction of sp³-hybridized carbons (Fsp3) is 0.286. The van der Waals surface area contributed by atoms with Crippen LogP contribution in [0.4, 0.5) is 0 Å². The Bertz CT molecular complexity index is 1020. The van der Waals surface area contributed by atoms with Crippen LogP contribution >= 0.6 is 43.6 Å². The van der Waals surface area contributed by atoms with E-state index in [0.717, 1.165) is 44.1 Å². The van der Waals surface area contributed by atoms with Crippen LogP contribution in [-0.2, 0) is 12.2 Å². The van der Waals surface area contributed by atoms with Gasteiger partial charge in [-0.3, -0.25) is 0 Å². The second-order valence-corrected chi connectivity index (χ2v) is 9.07. The molecule has 3 aromatic rings. The van der Waals surface area contributed by atoms with Crippen molar-refractivity contribution in [1.29, 1.82) is 0 Å². The minimum absolute atomic E-state index is 0.635. The van der Waals surface area contributed by atoms with Crippen LogP contribution in [0, 0.1) is 0 Å². The lowest BCUT2D eigenvalue weighted by molar-refractivity contribution is 0.353. The monoisotopic (exact) mass is 552 g/mol. The van der Waals surface area contributed by atoms with Gasteiger partial charge in [-0.05, 0) is 57.7 Å². The Labute approximate surface area is 197 Å². The van der Waals surface area contributed by atoms with Crippen molar-refractivity contribution >= 4 is 49.8 Å². The van der Waals surface area contributed by atoms with Gasteiger partial charge in [0.25, 0.3) is 0 Å². The smallest absolute Gasteiger partial charge is 0.212 e. The lowest BCUT2D eigenvalue weighted by Crippen LogP contribution is -2.01. The van der Waals surface area contributed by atoms with E-state index in [4.69, 9.17) is 9.47 Å². The molecule has 0 aliphatic heterocycles.